The number of fused-ring (bicyclic) bond motifs is 1. The van der Waals surface area contributed by atoms with Crippen LogP contribution in [0.1, 0.15) is 63.9 Å². The molecule has 3 aromatic rings. The van der Waals surface area contributed by atoms with Gasteiger partial charge in [0.1, 0.15) is 11.8 Å². The average molecular weight is 411 g/mol. The standard InChI is InChI=1S/C22H30N6O2/c1-22(2,3)28-20(24-25-26-28)19(27-11-7-5-6-8-12-27)17-14-15-13-16(30-4)9-10-18(15)23-21(17)29/h9-10,13-14,19H,5-8,11-12H2,1-4H3,(H,23,29). The zero-order valence-electron chi connectivity index (χ0n) is 18.2. The smallest absolute Gasteiger partial charge is 0.253 e. The first-order valence-electron chi connectivity index (χ1n) is 10.6. The highest BCUT2D eigenvalue weighted by molar-refractivity contribution is 5.80. The lowest BCUT2D eigenvalue weighted by Crippen LogP contribution is -2.38. The number of H-pyrrole nitrogens is 1. The van der Waals surface area contributed by atoms with Crippen molar-refractivity contribution in [2.24, 2.45) is 0 Å². The van der Waals surface area contributed by atoms with E-state index in [1.807, 2.05) is 28.9 Å². The Hall–Kier alpha value is -2.74. The molecule has 1 aliphatic heterocycles. The third-order valence-corrected chi connectivity index (χ3v) is 5.75. The molecule has 0 spiro atoms. The third-order valence-electron chi connectivity index (χ3n) is 5.75. The number of aromatic amines is 1. The molecular weight excluding hydrogens is 380 g/mol. The molecule has 30 heavy (non-hydrogen) atoms. The zero-order valence-corrected chi connectivity index (χ0v) is 18.2. The van der Waals surface area contributed by atoms with Crippen LogP contribution in [0, 0.1) is 0 Å². The molecule has 3 heterocycles. The van der Waals surface area contributed by atoms with Gasteiger partial charge in [-0.25, -0.2) is 4.68 Å². The minimum absolute atomic E-state index is 0.106. The maximum atomic E-state index is 13.2. The quantitative estimate of drug-likeness (QED) is 0.710. The Morgan fingerprint density at radius 3 is 2.50 bits per heavy atom. The predicted molar refractivity (Wildman–Crippen MR) is 116 cm³/mol. The molecular formula is C22H30N6O2. The van der Waals surface area contributed by atoms with E-state index in [0.29, 0.717) is 11.4 Å². The number of hydrogen-bond acceptors (Lipinski definition) is 6. The van der Waals surface area contributed by atoms with E-state index in [1.165, 1.54) is 12.8 Å². The molecule has 0 radical (unpaired) electrons. The molecule has 1 aromatic carbocycles. The molecule has 1 aliphatic rings. The van der Waals surface area contributed by atoms with E-state index < -0.39 is 0 Å². The number of aromatic nitrogens is 5. The van der Waals surface area contributed by atoms with Crippen molar-refractivity contribution in [1.29, 1.82) is 0 Å². The van der Waals surface area contributed by atoms with Crippen molar-refractivity contribution in [3.63, 3.8) is 0 Å². The monoisotopic (exact) mass is 410 g/mol. The highest BCUT2D eigenvalue weighted by Gasteiger charge is 2.33. The number of pyridine rings is 1. The Labute approximate surface area is 176 Å². The van der Waals surface area contributed by atoms with E-state index >= 15 is 0 Å². The first-order valence-corrected chi connectivity index (χ1v) is 10.6. The summed E-state index contributed by atoms with van der Waals surface area (Å²) in [6, 6.07) is 7.33. The summed E-state index contributed by atoms with van der Waals surface area (Å²) in [5.74, 6) is 1.46. The highest BCUT2D eigenvalue weighted by atomic mass is 16.5. The average Bonchev–Trinajstić information content (AvgIpc) is 3.05. The fraction of sp³-hybridized carbons (Fsp3) is 0.545. The van der Waals surface area contributed by atoms with Crippen molar-refractivity contribution < 1.29 is 4.74 Å². The number of hydrogen-bond donors (Lipinski definition) is 1. The lowest BCUT2D eigenvalue weighted by Gasteiger charge is -2.31. The normalized spacial score (nSPS) is 17.1. The summed E-state index contributed by atoms with van der Waals surface area (Å²) in [6.07, 6.45) is 4.62. The van der Waals surface area contributed by atoms with Crippen molar-refractivity contribution in [2.45, 2.75) is 58.0 Å². The van der Waals surface area contributed by atoms with E-state index in [-0.39, 0.29) is 17.1 Å². The second-order valence-electron chi connectivity index (χ2n) is 8.98. The van der Waals surface area contributed by atoms with Crippen molar-refractivity contribution in [3.05, 3.63) is 46.0 Å². The molecule has 1 unspecified atom stereocenters. The summed E-state index contributed by atoms with van der Waals surface area (Å²) in [5.41, 5.74) is 1.05. The fourth-order valence-corrected chi connectivity index (χ4v) is 4.23. The number of rotatable bonds is 4. The van der Waals surface area contributed by atoms with E-state index in [1.54, 1.807) is 7.11 Å². The molecule has 1 fully saturated rings. The maximum Gasteiger partial charge on any atom is 0.253 e. The zero-order chi connectivity index (χ0) is 21.3. The van der Waals surface area contributed by atoms with Crippen LogP contribution in [0.5, 0.6) is 5.75 Å². The molecule has 0 aliphatic carbocycles. The van der Waals surface area contributed by atoms with E-state index in [0.717, 1.165) is 42.6 Å². The van der Waals surface area contributed by atoms with Crippen LogP contribution >= 0.6 is 0 Å². The van der Waals surface area contributed by atoms with Gasteiger partial charge in [-0.2, -0.15) is 0 Å². The Bertz CT molecular complexity index is 1070. The van der Waals surface area contributed by atoms with Crippen LogP contribution in [-0.2, 0) is 5.54 Å². The van der Waals surface area contributed by atoms with Crippen LogP contribution in [0.15, 0.2) is 29.1 Å². The molecule has 8 nitrogen and oxygen atoms in total. The number of nitrogens with zero attached hydrogens (tertiary/aromatic N) is 5. The second-order valence-corrected chi connectivity index (χ2v) is 8.98. The van der Waals surface area contributed by atoms with Crippen LogP contribution in [0.2, 0.25) is 0 Å². The molecule has 0 saturated carbocycles. The molecule has 160 valence electrons. The molecule has 1 atom stereocenters. The first-order chi connectivity index (χ1) is 14.4. The minimum atomic E-state index is -0.309. The van der Waals surface area contributed by atoms with E-state index in [9.17, 15) is 4.79 Å². The second kappa shape index (κ2) is 8.18. The lowest BCUT2D eigenvalue weighted by atomic mass is 10.0. The van der Waals surface area contributed by atoms with Gasteiger partial charge < -0.3 is 9.72 Å². The Kier molecular flexibility index (Phi) is 5.60. The van der Waals surface area contributed by atoms with Gasteiger partial charge >= 0.3 is 0 Å². The lowest BCUT2D eigenvalue weighted by molar-refractivity contribution is 0.208. The van der Waals surface area contributed by atoms with Gasteiger partial charge in [-0.15, -0.1) is 5.10 Å². The number of likely N-dealkylation sites (tertiary alicyclic amines) is 1. The molecule has 1 saturated heterocycles. The van der Waals surface area contributed by atoms with Gasteiger partial charge in [0.2, 0.25) is 0 Å². The molecule has 1 N–H and O–H groups in total. The van der Waals surface area contributed by atoms with Gasteiger partial charge in [0.05, 0.1) is 12.6 Å². The summed E-state index contributed by atoms with van der Waals surface area (Å²) in [6.45, 7) is 8.04. The van der Waals surface area contributed by atoms with Gasteiger partial charge in [-0.05, 0) is 81.4 Å². The van der Waals surface area contributed by atoms with Gasteiger partial charge in [-0.1, -0.05) is 12.8 Å². The summed E-state index contributed by atoms with van der Waals surface area (Å²) in [5, 5.41) is 13.6. The Morgan fingerprint density at radius 1 is 1.10 bits per heavy atom. The van der Waals surface area contributed by atoms with Crippen molar-refractivity contribution >= 4 is 10.9 Å². The van der Waals surface area contributed by atoms with Crippen molar-refractivity contribution in [2.75, 3.05) is 20.2 Å². The van der Waals surface area contributed by atoms with E-state index in [2.05, 4.69) is 46.2 Å². The highest BCUT2D eigenvalue weighted by Crippen LogP contribution is 2.31. The molecule has 2 aromatic heterocycles. The van der Waals surface area contributed by atoms with Gasteiger partial charge in [-0.3, -0.25) is 9.69 Å². The summed E-state index contributed by atoms with van der Waals surface area (Å²) < 4.78 is 7.23. The van der Waals surface area contributed by atoms with E-state index in [4.69, 9.17) is 4.74 Å². The predicted octanol–water partition coefficient (Wildman–Crippen LogP) is 3.24. The van der Waals surface area contributed by atoms with Crippen LogP contribution in [0.4, 0.5) is 0 Å². The number of nitrogens with one attached hydrogen (secondary N) is 1. The number of tetrazole rings is 1. The van der Waals surface area contributed by atoms with Crippen LogP contribution in [0.25, 0.3) is 10.9 Å². The van der Waals surface area contributed by atoms with Crippen molar-refractivity contribution in [3.8, 4) is 5.75 Å². The Morgan fingerprint density at radius 2 is 1.83 bits per heavy atom. The van der Waals surface area contributed by atoms with Crippen LogP contribution in [0.3, 0.4) is 0 Å². The molecule has 8 heteroatoms. The SMILES string of the molecule is COc1ccc2[nH]c(=O)c(C(c3nnnn3C(C)(C)C)N3CCCCCC3)cc2c1. The van der Waals surface area contributed by atoms with Gasteiger partial charge in [0, 0.05) is 16.5 Å². The van der Waals surface area contributed by atoms with Crippen LogP contribution < -0.4 is 10.3 Å². The number of benzene rings is 1. The van der Waals surface area contributed by atoms with Gasteiger partial charge in [0.25, 0.3) is 5.56 Å². The third kappa shape index (κ3) is 3.96. The summed E-state index contributed by atoms with van der Waals surface area (Å²) in [7, 11) is 1.64. The largest absolute Gasteiger partial charge is 0.497 e. The Balaban J connectivity index is 1.91. The van der Waals surface area contributed by atoms with Crippen LogP contribution in [-0.4, -0.2) is 50.3 Å². The first kappa shape index (κ1) is 20.5. The summed E-state index contributed by atoms with van der Waals surface area (Å²) in [4.78, 5) is 18.6. The molecule has 0 amide bonds. The van der Waals surface area contributed by atoms with Gasteiger partial charge in [0.15, 0.2) is 5.82 Å². The molecule has 4 rings (SSSR count). The maximum absolute atomic E-state index is 13.2. The molecule has 0 bridgehead atoms. The number of methoxy groups -OCH3 is 1. The van der Waals surface area contributed by atoms with Crippen molar-refractivity contribution in [1.82, 2.24) is 30.1 Å². The minimum Gasteiger partial charge on any atom is -0.497 e. The summed E-state index contributed by atoms with van der Waals surface area (Å²) >= 11 is 0. The topological polar surface area (TPSA) is 88.9 Å². The number of ether oxygens (including phenoxy) is 1. The fourth-order valence-electron chi connectivity index (χ4n) is 4.23.